The van der Waals surface area contributed by atoms with Crippen LogP contribution in [0.15, 0.2) is 12.5 Å². The van der Waals surface area contributed by atoms with E-state index in [1.165, 1.54) is 0 Å². The molecule has 1 aromatic rings. The number of halogens is 1. The minimum atomic E-state index is -0.321. The molecular formula is C8H13IN3O-. The first-order chi connectivity index (χ1) is 6.27. The van der Waals surface area contributed by atoms with Crippen LogP contribution in [0, 0.1) is 0 Å². The van der Waals surface area contributed by atoms with Gasteiger partial charge in [0.05, 0.1) is 0 Å². The van der Waals surface area contributed by atoms with E-state index in [9.17, 15) is 4.79 Å². The van der Waals surface area contributed by atoms with Crippen molar-refractivity contribution >= 4 is 3.79 Å². The Balaban J connectivity index is 2.54. The average molecular weight is 294 g/mol. The molecule has 0 fully saturated rings. The summed E-state index contributed by atoms with van der Waals surface area (Å²) in [5.41, 5.74) is 1.00. The molecule has 0 saturated heterocycles. The predicted molar refractivity (Wildman–Crippen MR) is 46.1 cm³/mol. The van der Waals surface area contributed by atoms with Crippen molar-refractivity contribution in [2.24, 2.45) is 0 Å². The van der Waals surface area contributed by atoms with Crippen LogP contribution in [0.4, 0.5) is 0 Å². The Morgan fingerprint density at radius 1 is 1.85 bits per heavy atom. The first kappa shape index (κ1) is 10.6. The number of imidazole rings is 1. The summed E-state index contributed by atoms with van der Waals surface area (Å²) in [6, 6.07) is -0.0433. The fourth-order valence-corrected chi connectivity index (χ4v) is 2.33. The molecule has 0 bridgehead atoms. The van der Waals surface area contributed by atoms with E-state index in [0.717, 1.165) is 5.69 Å². The van der Waals surface area contributed by atoms with Gasteiger partial charge in [-0.1, -0.05) is 0 Å². The molecule has 13 heavy (non-hydrogen) atoms. The van der Waals surface area contributed by atoms with Crippen LogP contribution in [-0.4, -0.2) is 31.8 Å². The van der Waals surface area contributed by atoms with Crippen LogP contribution < -0.4 is 26.5 Å². The van der Waals surface area contributed by atoms with Crippen molar-refractivity contribution in [1.29, 1.82) is 0 Å². The Bertz CT molecular complexity index is 260. The summed E-state index contributed by atoms with van der Waals surface area (Å²) < 4.78 is 0.343. The number of rotatable bonds is 5. The molecule has 1 atom stereocenters. The number of aromatic nitrogens is 2. The molecule has 0 aliphatic carbocycles. The molecule has 0 spiro atoms. The van der Waals surface area contributed by atoms with Crippen LogP contribution in [0.5, 0.6) is 0 Å². The van der Waals surface area contributed by atoms with Gasteiger partial charge in [-0.3, -0.25) is 0 Å². The summed E-state index contributed by atoms with van der Waals surface area (Å²) in [7, 11) is 1.82. The second-order valence-corrected chi connectivity index (χ2v) is 4.76. The molecule has 5 heteroatoms. The Hall–Kier alpha value is -0.430. The number of H-pyrrole nitrogens is 1. The summed E-state index contributed by atoms with van der Waals surface area (Å²) in [5.74, 6) is 0. The van der Waals surface area contributed by atoms with Crippen molar-refractivity contribution in [1.82, 2.24) is 15.3 Å². The zero-order valence-corrected chi connectivity index (χ0v) is 9.83. The van der Waals surface area contributed by atoms with Crippen LogP contribution in [0.2, 0.25) is 0 Å². The fourth-order valence-electron chi connectivity index (χ4n) is 1.04. The first-order valence-electron chi connectivity index (χ1n) is 3.95. The number of nitrogens with one attached hydrogen (secondary N) is 2. The van der Waals surface area contributed by atoms with Gasteiger partial charge in [0.1, 0.15) is 0 Å². The molecule has 1 aromatic heterocycles. The van der Waals surface area contributed by atoms with Crippen LogP contribution >= 0.6 is 0 Å². The van der Waals surface area contributed by atoms with Gasteiger partial charge in [-0.15, -0.1) is 0 Å². The third-order valence-electron chi connectivity index (χ3n) is 1.79. The maximum atomic E-state index is 11.4. The first-order valence-corrected chi connectivity index (χ1v) is 7.19. The Kier molecular flexibility index (Phi) is 4.37. The maximum absolute atomic E-state index is 11.4. The van der Waals surface area contributed by atoms with Gasteiger partial charge in [0.25, 0.3) is 0 Å². The van der Waals surface area contributed by atoms with Gasteiger partial charge >= 0.3 is 87.7 Å². The fraction of sp³-hybridized carbons (Fsp3) is 0.500. The number of aromatic amines is 1. The topological polar surface area (TPSA) is 57.8 Å². The summed E-state index contributed by atoms with van der Waals surface area (Å²) in [6.45, 7) is 0. The molecule has 0 aliphatic heterocycles. The van der Waals surface area contributed by atoms with E-state index in [0.29, 0.717) is 10.2 Å². The molecule has 0 amide bonds. The number of hydrogen-bond donors (Lipinski definition) is 2. The van der Waals surface area contributed by atoms with Crippen LogP contribution in [-0.2, 0) is 11.2 Å². The number of nitrogens with zero attached hydrogens (tertiary/aromatic N) is 1. The number of carbonyl (C=O) groups excluding carboxylic acids is 1. The van der Waals surface area contributed by atoms with E-state index < -0.39 is 0 Å². The van der Waals surface area contributed by atoms with E-state index in [4.69, 9.17) is 0 Å². The third kappa shape index (κ3) is 3.07. The molecule has 2 N–H and O–H groups in total. The Morgan fingerprint density at radius 2 is 2.62 bits per heavy atom. The van der Waals surface area contributed by atoms with E-state index in [2.05, 4.69) is 15.3 Å². The zero-order valence-electron chi connectivity index (χ0n) is 7.67. The van der Waals surface area contributed by atoms with Gasteiger partial charge in [-0.2, -0.15) is 0 Å². The Labute approximate surface area is 87.8 Å². The van der Waals surface area contributed by atoms with E-state index in [1.54, 1.807) is 12.5 Å². The molecule has 74 valence electrons. The van der Waals surface area contributed by atoms with Gasteiger partial charge < -0.3 is 0 Å². The summed E-state index contributed by atoms with van der Waals surface area (Å²) in [6.07, 6.45) is 4.10. The quantitative estimate of drug-likeness (QED) is 0.341. The van der Waals surface area contributed by atoms with Gasteiger partial charge in [-0.25, -0.2) is 0 Å². The predicted octanol–water partition coefficient (Wildman–Crippen LogP) is -3.21. The minimum absolute atomic E-state index is 0.0433. The average Bonchev–Trinajstić information content (AvgIpc) is 2.65. The summed E-state index contributed by atoms with van der Waals surface area (Å²) in [5, 5.41) is 3.02. The van der Waals surface area contributed by atoms with E-state index >= 15 is 0 Å². The molecule has 1 heterocycles. The summed E-state index contributed by atoms with van der Waals surface area (Å²) >= 11 is -0.321. The number of likely N-dealkylation sites (N-methyl/N-ethyl adjacent to an activating group) is 1. The van der Waals surface area contributed by atoms with Gasteiger partial charge in [0.2, 0.25) is 0 Å². The zero-order chi connectivity index (χ0) is 9.68. The molecule has 4 nitrogen and oxygen atoms in total. The van der Waals surface area contributed by atoms with E-state index in [1.807, 2.05) is 12.0 Å². The molecule has 0 radical (unpaired) electrons. The standard InChI is InChI=1S/C8H13IN3O/c1-9-8(13)7(10-2)3-6-4-11-5-12-6/h4-5,7,10H,3H2,1-2H3,(H,11,12)/q-1. The van der Waals surface area contributed by atoms with E-state index in [-0.39, 0.29) is 27.2 Å². The van der Waals surface area contributed by atoms with Gasteiger partial charge in [-0.05, 0) is 0 Å². The second-order valence-electron chi connectivity index (χ2n) is 2.62. The number of alkyl halides is 1. The van der Waals surface area contributed by atoms with Crippen LogP contribution in [0.1, 0.15) is 5.69 Å². The third-order valence-corrected chi connectivity index (χ3v) is 3.60. The number of carbonyl (C=O) groups is 1. The molecule has 1 unspecified atom stereocenters. The van der Waals surface area contributed by atoms with Crippen LogP contribution in [0.3, 0.4) is 0 Å². The second kappa shape index (κ2) is 5.33. The molecule has 0 aliphatic rings. The van der Waals surface area contributed by atoms with Crippen molar-refractivity contribution in [3.05, 3.63) is 18.2 Å². The monoisotopic (exact) mass is 294 g/mol. The molecule has 0 saturated carbocycles. The van der Waals surface area contributed by atoms with Gasteiger partial charge in [0, 0.05) is 0 Å². The number of hydrogen-bond acceptors (Lipinski definition) is 3. The van der Waals surface area contributed by atoms with Crippen molar-refractivity contribution < 1.29 is 26.0 Å². The SMILES string of the molecule is CNC(Cc1cnc[nH]1)C(=O)[I-]C. The molecule has 1 rings (SSSR count). The van der Waals surface area contributed by atoms with Crippen molar-refractivity contribution in [2.75, 3.05) is 12.0 Å². The van der Waals surface area contributed by atoms with Crippen molar-refractivity contribution in [3.8, 4) is 0 Å². The van der Waals surface area contributed by atoms with Crippen molar-refractivity contribution in [2.45, 2.75) is 12.5 Å². The Morgan fingerprint density at radius 3 is 3.08 bits per heavy atom. The molecule has 0 aromatic carbocycles. The van der Waals surface area contributed by atoms with Crippen LogP contribution in [0.25, 0.3) is 0 Å². The van der Waals surface area contributed by atoms with Gasteiger partial charge in [0.15, 0.2) is 0 Å². The normalized spacial score (nSPS) is 13.1. The molecular weight excluding hydrogens is 281 g/mol. The summed E-state index contributed by atoms with van der Waals surface area (Å²) in [4.78, 5) is 20.3. The van der Waals surface area contributed by atoms with Crippen molar-refractivity contribution in [3.63, 3.8) is 0 Å².